The Morgan fingerprint density at radius 2 is 1.86 bits per heavy atom. The van der Waals surface area contributed by atoms with Gasteiger partial charge >= 0.3 is 6.03 Å². The highest BCUT2D eigenvalue weighted by molar-refractivity contribution is 7.89. The number of sulfonamides is 1. The highest BCUT2D eigenvalue weighted by Gasteiger charge is 2.28. The van der Waals surface area contributed by atoms with Crippen molar-refractivity contribution in [1.29, 1.82) is 0 Å². The van der Waals surface area contributed by atoms with Gasteiger partial charge in [0.25, 0.3) is 10.0 Å². The van der Waals surface area contributed by atoms with Crippen molar-refractivity contribution in [1.82, 2.24) is 14.8 Å². The molecule has 0 spiro atoms. The molecule has 0 unspecified atom stereocenters. The van der Waals surface area contributed by atoms with Crippen LogP contribution in [0.2, 0.25) is 0 Å². The van der Waals surface area contributed by atoms with Gasteiger partial charge in [0.15, 0.2) is 0 Å². The zero-order valence-electron chi connectivity index (χ0n) is 16.1. The number of anilines is 1. The highest BCUT2D eigenvalue weighted by Crippen LogP contribution is 2.27. The minimum absolute atomic E-state index is 0.0496. The van der Waals surface area contributed by atoms with E-state index in [-0.39, 0.29) is 21.9 Å². The van der Waals surface area contributed by atoms with E-state index in [4.69, 9.17) is 0 Å². The molecule has 2 N–H and O–H groups in total. The fourth-order valence-electron chi connectivity index (χ4n) is 3.36. The number of benzene rings is 1. The molecule has 0 radical (unpaired) electrons. The van der Waals surface area contributed by atoms with Gasteiger partial charge in [-0.1, -0.05) is 25.3 Å². The summed E-state index contributed by atoms with van der Waals surface area (Å²) in [6.07, 6.45) is 8.16. The van der Waals surface area contributed by atoms with Crippen molar-refractivity contribution in [3.05, 3.63) is 54.4 Å². The van der Waals surface area contributed by atoms with E-state index in [1.807, 2.05) is 6.07 Å². The number of aromatic nitrogens is 1. The number of amides is 2. The number of carbonyl (C=O) groups is 1. The molecule has 2 amide bonds. The molecule has 0 atom stereocenters. The molecule has 1 aromatic carbocycles. The van der Waals surface area contributed by atoms with Gasteiger partial charge in [-0.05, 0) is 59.2 Å². The lowest BCUT2D eigenvalue weighted by Gasteiger charge is -2.24. The number of urea groups is 1. The van der Waals surface area contributed by atoms with E-state index in [0.29, 0.717) is 12.2 Å². The van der Waals surface area contributed by atoms with Crippen molar-refractivity contribution in [2.75, 3.05) is 11.9 Å². The molecule has 9 heteroatoms. The van der Waals surface area contributed by atoms with Crippen LogP contribution in [0.25, 0.3) is 0 Å². The minimum atomic E-state index is -4.20. The van der Waals surface area contributed by atoms with Crippen molar-refractivity contribution < 1.29 is 17.7 Å². The summed E-state index contributed by atoms with van der Waals surface area (Å²) in [5, 5.41) is 5.29. The fourth-order valence-corrected chi connectivity index (χ4v) is 4.47. The maximum absolute atomic E-state index is 14.4. The average Bonchev–Trinajstić information content (AvgIpc) is 2.74. The minimum Gasteiger partial charge on any atom is -0.334 e. The van der Waals surface area contributed by atoms with Gasteiger partial charge in [0.05, 0.1) is 4.90 Å². The Morgan fingerprint density at radius 3 is 2.52 bits per heavy atom. The predicted molar refractivity (Wildman–Crippen MR) is 108 cm³/mol. The van der Waals surface area contributed by atoms with E-state index in [1.54, 1.807) is 18.5 Å². The summed E-state index contributed by atoms with van der Waals surface area (Å²) in [7, 11) is -4.20. The largest absolute Gasteiger partial charge is 0.334 e. The van der Waals surface area contributed by atoms with Gasteiger partial charge in [-0.2, -0.15) is 0 Å². The second-order valence-electron chi connectivity index (χ2n) is 7.17. The molecule has 29 heavy (non-hydrogen) atoms. The second-order valence-corrected chi connectivity index (χ2v) is 8.99. The van der Waals surface area contributed by atoms with Crippen LogP contribution in [0.1, 0.15) is 37.7 Å². The lowest BCUT2D eigenvalue weighted by atomic mass is 9.89. The summed E-state index contributed by atoms with van der Waals surface area (Å²) in [5.74, 6) is 0.0629. The number of halogens is 1. The van der Waals surface area contributed by atoms with Crippen molar-refractivity contribution in [3.63, 3.8) is 0 Å². The Labute approximate surface area is 170 Å². The van der Waals surface area contributed by atoms with Gasteiger partial charge in [0.2, 0.25) is 0 Å². The molecule has 1 aromatic heterocycles. The van der Waals surface area contributed by atoms with E-state index < -0.39 is 16.1 Å². The number of hydrogen-bond donors (Lipinski definition) is 2. The zero-order valence-corrected chi connectivity index (χ0v) is 16.9. The molecule has 0 aliphatic heterocycles. The number of carbonyl (C=O) groups excluding carboxylic acids is 1. The molecular weight excluding hydrogens is 395 g/mol. The number of nitrogens with zero attached hydrogens (tertiary/aromatic N) is 2. The SMILES string of the molecule is O=C(NCc1cccnc1)Nc1ccc(S(=O)(=O)N(F)CC2CCCCC2)cc1. The van der Waals surface area contributed by atoms with Gasteiger partial charge in [-0.3, -0.25) is 4.98 Å². The standard InChI is InChI=1S/C20H25FN4O3S/c21-25(15-16-5-2-1-3-6-16)29(27,28)19-10-8-18(9-11-19)24-20(26)23-14-17-7-4-12-22-13-17/h4,7-13,16H,1-3,5-6,14-15H2,(H2,23,24,26). The fraction of sp³-hybridized carbons (Fsp3) is 0.400. The van der Waals surface area contributed by atoms with Gasteiger partial charge in [-0.25, -0.2) is 13.2 Å². The van der Waals surface area contributed by atoms with Crippen molar-refractivity contribution in [3.8, 4) is 0 Å². The van der Waals surface area contributed by atoms with Gasteiger partial charge in [-0.15, -0.1) is 4.48 Å². The maximum Gasteiger partial charge on any atom is 0.319 e. The smallest absolute Gasteiger partial charge is 0.319 e. The van der Waals surface area contributed by atoms with E-state index in [9.17, 15) is 17.7 Å². The van der Waals surface area contributed by atoms with E-state index >= 15 is 0 Å². The second kappa shape index (κ2) is 9.80. The highest BCUT2D eigenvalue weighted by atomic mass is 32.2. The summed E-state index contributed by atoms with van der Waals surface area (Å²) in [5.41, 5.74) is 1.26. The molecule has 2 aromatic rings. The molecule has 1 fully saturated rings. The van der Waals surface area contributed by atoms with Crippen molar-refractivity contribution in [2.24, 2.45) is 5.92 Å². The van der Waals surface area contributed by atoms with Crippen LogP contribution in [0.3, 0.4) is 0 Å². The lowest BCUT2D eigenvalue weighted by Crippen LogP contribution is -2.30. The quantitative estimate of drug-likeness (QED) is 0.666. The summed E-state index contributed by atoms with van der Waals surface area (Å²) in [6.45, 7) is 0.198. The van der Waals surface area contributed by atoms with Crippen LogP contribution in [-0.4, -0.2) is 30.5 Å². The first-order chi connectivity index (χ1) is 13.9. The number of pyridine rings is 1. The van der Waals surface area contributed by atoms with Gasteiger partial charge in [0, 0.05) is 31.2 Å². The third-order valence-corrected chi connectivity index (χ3v) is 6.51. The summed E-state index contributed by atoms with van der Waals surface area (Å²) >= 11 is 0. The van der Waals surface area contributed by atoms with Crippen LogP contribution < -0.4 is 10.6 Å². The Morgan fingerprint density at radius 1 is 1.14 bits per heavy atom. The van der Waals surface area contributed by atoms with Crippen molar-refractivity contribution >= 4 is 21.7 Å². The Kier molecular flexibility index (Phi) is 7.16. The molecule has 1 saturated carbocycles. The Balaban J connectivity index is 1.54. The summed E-state index contributed by atoms with van der Waals surface area (Å²) < 4.78 is 39.2. The summed E-state index contributed by atoms with van der Waals surface area (Å²) in [6, 6.07) is 8.63. The summed E-state index contributed by atoms with van der Waals surface area (Å²) in [4.78, 5) is 15.8. The molecule has 0 saturated heterocycles. The number of rotatable bonds is 7. The van der Waals surface area contributed by atoms with Gasteiger partial charge in [0.1, 0.15) is 0 Å². The first-order valence-electron chi connectivity index (χ1n) is 9.67. The molecule has 1 aliphatic rings. The van der Waals surface area contributed by atoms with Crippen LogP contribution in [0.4, 0.5) is 15.0 Å². The van der Waals surface area contributed by atoms with Crippen LogP contribution in [0.15, 0.2) is 53.7 Å². The third kappa shape index (κ3) is 5.98. The van der Waals surface area contributed by atoms with E-state index in [0.717, 1.165) is 37.7 Å². The Hall–Kier alpha value is -2.52. The molecule has 1 aliphatic carbocycles. The van der Waals surface area contributed by atoms with Crippen molar-refractivity contribution in [2.45, 2.75) is 43.5 Å². The maximum atomic E-state index is 14.4. The average molecular weight is 421 g/mol. The van der Waals surface area contributed by atoms with Crippen LogP contribution in [0, 0.1) is 5.92 Å². The Bertz CT molecular complexity index is 901. The molecule has 7 nitrogen and oxygen atoms in total. The van der Waals surface area contributed by atoms with E-state index in [2.05, 4.69) is 15.6 Å². The molecule has 1 heterocycles. The number of nitrogens with one attached hydrogen (secondary N) is 2. The molecule has 0 bridgehead atoms. The van der Waals surface area contributed by atoms with Crippen LogP contribution in [0.5, 0.6) is 0 Å². The first-order valence-corrected chi connectivity index (χ1v) is 11.1. The van der Waals surface area contributed by atoms with E-state index in [1.165, 1.54) is 24.3 Å². The number of hydrogen-bond acceptors (Lipinski definition) is 4. The lowest BCUT2D eigenvalue weighted by molar-refractivity contribution is 0.104. The van der Waals surface area contributed by atoms with Crippen LogP contribution in [-0.2, 0) is 16.6 Å². The first kappa shape index (κ1) is 21.2. The third-order valence-electron chi connectivity index (χ3n) is 4.97. The monoisotopic (exact) mass is 420 g/mol. The molecule has 3 rings (SSSR count). The van der Waals surface area contributed by atoms with Gasteiger partial charge < -0.3 is 10.6 Å². The topological polar surface area (TPSA) is 91.4 Å². The zero-order chi connectivity index (χ0) is 20.7. The predicted octanol–water partition coefficient (Wildman–Crippen LogP) is 3.86. The molecule has 156 valence electrons. The molecular formula is C20H25FN4O3S. The van der Waals surface area contributed by atoms with Crippen LogP contribution >= 0.6 is 0 Å². The normalized spacial score (nSPS) is 15.2.